The summed E-state index contributed by atoms with van der Waals surface area (Å²) in [7, 11) is 0. The lowest BCUT2D eigenvalue weighted by Crippen LogP contribution is -2.46. The second-order valence-corrected chi connectivity index (χ2v) is 7.36. The minimum atomic E-state index is -0.559. The third kappa shape index (κ3) is 5.32. The lowest BCUT2D eigenvalue weighted by molar-refractivity contribution is 0.284. The molecule has 2 aromatic heterocycles. The largest absolute Gasteiger partial charge is 0.493 e. The van der Waals surface area contributed by atoms with Gasteiger partial charge < -0.3 is 15.7 Å². The van der Waals surface area contributed by atoms with Gasteiger partial charge in [-0.05, 0) is 19.1 Å². The van der Waals surface area contributed by atoms with Crippen LogP contribution in [0.15, 0.2) is 36.5 Å². The maximum Gasteiger partial charge on any atom is 0.225 e. The number of nitrogens with two attached hydrogens (primary N) is 1. The van der Waals surface area contributed by atoms with Crippen LogP contribution in [0.25, 0.3) is 11.9 Å². The lowest BCUT2D eigenvalue weighted by Gasteiger charge is -2.35. The summed E-state index contributed by atoms with van der Waals surface area (Å²) in [4.78, 5) is 12.0. The Kier molecular flexibility index (Phi) is 7.26. The van der Waals surface area contributed by atoms with E-state index in [1.807, 2.05) is 17.9 Å². The van der Waals surface area contributed by atoms with Gasteiger partial charge in [0.2, 0.25) is 11.8 Å². The van der Waals surface area contributed by atoms with Gasteiger partial charge in [-0.25, -0.2) is 13.5 Å². The minimum Gasteiger partial charge on any atom is -0.493 e. The second-order valence-electron chi connectivity index (χ2n) is 7.36. The predicted molar refractivity (Wildman–Crippen MR) is 121 cm³/mol. The SMILES string of the molecule is Cc1c(/C=C/CN2CCN(c3cc(F)cc(F)c3)CC2)cnn1-c1cc(O)nc(N)n1.Cl. The number of hydrogen-bond acceptors (Lipinski definition) is 7. The van der Waals surface area contributed by atoms with Crippen LogP contribution in [0.3, 0.4) is 0 Å². The molecule has 3 N–H and O–H groups in total. The summed E-state index contributed by atoms with van der Waals surface area (Å²) in [5.74, 6) is -0.962. The van der Waals surface area contributed by atoms with Crippen molar-refractivity contribution < 1.29 is 13.9 Å². The number of nitrogens with zero attached hydrogens (tertiary/aromatic N) is 6. The topological polar surface area (TPSA) is 96.3 Å². The lowest BCUT2D eigenvalue weighted by atomic mass is 10.2. The monoisotopic (exact) mass is 463 g/mol. The van der Waals surface area contributed by atoms with E-state index in [4.69, 9.17) is 5.73 Å². The summed E-state index contributed by atoms with van der Waals surface area (Å²) in [5, 5.41) is 13.9. The number of aromatic nitrogens is 4. The average Bonchev–Trinajstić information content (AvgIpc) is 3.07. The van der Waals surface area contributed by atoms with Gasteiger partial charge in [-0.3, -0.25) is 4.90 Å². The van der Waals surface area contributed by atoms with E-state index in [1.165, 1.54) is 18.2 Å². The zero-order valence-corrected chi connectivity index (χ0v) is 18.3. The van der Waals surface area contributed by atoms with Gasteiger partial charge in [-0.15, -0.1) is 12.4 Å². The number of rotatable bonds is 5. The molecule has 0 spiro atoms. The molecule has 0 bridgehead atoms. The Labute approximate surface area is 190 Å². The molecular formula is C21H24ClF2N7O. The highest BCUT2D eigenvalue weighted by Crippen LogP contribution is 2.20. The average molecular weight is 464 g/mol. The molecule has 0 amide bonds. The van der Waals surface area contributed by atoms with Crippen molar-refractivity contribution in [3.05, 3.63) is 59.4 Å². The molecule has 0 atom stereocenters. The fourth-order valence-corrected chi connectivity index (χ4v) is 3.60. The number of aromatic hydroxyl groups is 1. The zero-order valence-electron chi connectivity index (χ0n) is 17.4. The Morgan fingerprint density at radius 3 is 2.41 bits per heavy atom. The van der Waals surface area contributed by atoms with Crippen LogP contribution in [0.4, 0.5) is 20.4 Å². The molecular weight excluding hydrogens is 440 g/mol. The Morgan fingerprint density at radius 2 is 1.75 bits per heavy atom. The number of benzene rings is 1. The van der Waals surface area contributed by atoms with E-state index in [1.54, 1.807) is 10.9 Å². The van der Waals surface area contributed by atoms with E-state index in [9.17, 15) is 13.9 Å². The number of anilines is 2. The third-order valence-electron chi connectivity index (χ3n) is 5.23. The maximum absolute atomic E-state index is 13.5. The van der Waals surface area contributed by atoms with Crippen molar-refractivity contribution in [2.24, 2.45) is 0 Å². The van der Waals surface area contributed by atoms with Gasteiger partial charge in [0.1, 0.15) is 11.6 Å². The maximum atomic E-state index is 13.5. The van der Waals surface area contributed by atoms with Gasteiger partial charge in [0, 0.05) is 56.1 Å². The zero-order chi connectivity index (χ0) is 22.0. The predicted octanol–water partition coefficient (Wildman–Crippen LogP) is 2.79. The molecule has 3 heterocycles. The first kappa shape index (κ1) is 23.4. The van der Waals surface area contributed by atoms with E-state index in [0.29, 0.717) is 24.6 Å². The van der Waals surface area contributed by atoms with Gasteiger partial charge in [-0.1, -0.05) is 12.2 Å². The summed E-state index contributed by atoms with van der Waals surface area (Å²) in [5.41, 5.74) is 7.95. The number of piperazine rings is 1. The quantitative estimate of drug-likeness (QED) is 0.600. The summed E-state index contributed by atoms with van der Waals surface area (Å²) in [6, 6.07) is 5.01. The summed E-state index contributed by atoms with van der Waals surface area (Å²) in [6.07, 6.45) is 5.76. The smallest absolute Gasteiger partial charge is 0.225 e. The van der Waals surface area contributed by atoms with Gasteiger partial charge in [0.05, 0.1) is 11.9 Å². The molecule has 0 radical (unpaired) electrons. The van der Waals surface area contributed by atoms with Crippen molar-refractivity contribution >= 4 is 30.1 Å². The molecule has 8 nitrogen and oxygen atoms in total. The number of nitrogen functional groups attached to an aromatic ring is 1. The van der Waals surface area contributed by atoms with Crippen LogP contribution in [0.1, 0.15) is 11.3 Å². The first-order chi connectivity index (χ1) is 14.9. The fraction of sp³-hybridized carbons (Fsp3) is 0.286. The van der Waals surface area contributed by atoms with E-state index in [2.05, 4.69) is 26.0 Å². The molecule has 170 valence electrons. The Hall–Kier alpha value is -3.24. The van der Waals surface area contributed by atoms with Crippen molar-refractivity contribution in [1.29, 1.82) is 0 Å². The van der Waals surface area contributed by atoms with Gasteiger partial charge in [0.15, 0.2) is 5.82 Å². The van der Waals surface area contributed by atoms with Crippen LogP contribution in [0, 0.1) is 18.6 Å². The molecule has 32 heavy (non-hydrogen) atoms. The molecule has 1 fully saturated rings. The summed E-state index contributed by atoms with van der Waals surface area (Å²) in [6.45, 7) is 5.63. The highest BCUT2D eigenvalue weighted by molar-refractivity contribution is 5.85. The van der Waals surface area contributed by atoms with Crippen molar-refractivity contribution in [1.82, 2.24) is 24.6 Å². The van der Waals surface area contributed by atoms with Crippen LogP contribution in [0.2, 0.25) is 0 Å². The first-order valence-corrected chi connectivity index (χ1v) is 9.87. The molecule has 0 unspecified atom stereocenters. The Balaban J connectivity index is 0.00000289. The molecule has 0 saturated carbocycles. The second kappa shape index (κ2) is 9.92. The number of halogens is 3. The summed E-state index contributed by atoms with van der Waals surface area (Å²) >= 11 is 0. The Bertz CT molecular complexity index is 1070. The van der Waals surface area contributed by atoms with Crippen LogP contribution >= 0.6 is 12.4 Å². The van der Waals surface area contributed by atoms with E-state index < -0.39 is 11.6 Å². The third-order valence-corrected chi connectivity index (χ3v) is 5.23. The van der Waals surface area contributed by atoms with Crippen LogP contribution in [-0.2, 0) is 0 Å². The molecule has 1 aliphatic heterocycles. The van der Waals surface area contributed by atoms with Crippen LogP contribution in [-0.4, -0.2) is 62.5 Å². The van der Waals surface area contributed by atoms with Gasteiger partial charge in [0.25, 0.3) is 0 Å². The molecule has 3 aromatic rings. The molecule has 4 rings (SSSR count). The van der Waals surface area contributed by atoms with Crippen molar-refractivity contribution in [2.75, 3.05) is 43.4 Å². The van der Waals surface area contributed by atoms with Crippen LogP contribution in [0.5, 0.6) is 5.88 Å². The van der Waals surface area contributed by atoms with E-state index >= 15 is 0 Å². The minimum absolute atomic E-state index is 0. The Morgan fingerprint density at radius 1 is 1.06 bits per heavy atom. The normalized spacial score (nSPS) is 14.7. The summed E-state index contributed by atoms with van der Waals surface area (Å²) < 4.78 is 28.5. The molecule has 11 heteroatoms. The molecule has 0 aliphatic carbocycles. The van der Waals surface area contributed by atoms with Crippen molar-refractivity contribution in [3.8, 4) is 11.7 Å². The van der Waals surface area contributed by atoms with Crippen molar-refractivity contribution in [3.63, 3.8) is 0 Å². The van der Waals surface area contributed by atoms with E-state index in [-0.39, 0.29) is 24.2 Å². The molecule has 1 aliphatic rings. The fourth-order valence-electron chi connectivity index (χ4n) is 3.60. The highest BCUT2D eigenvalue weighted by atomic mass is 35.5. The van der Waals surface area contributed by atoms with Crippen molar-refractivity contribution in [2.45, 2.75) is 6.92 Å². The van der Waals surface area contributed by atoms with E-state index in [0.717, 1.165) is 37.0 Å². The number of hydrogen-bond donors (Lipinski definition) is 2. The van der Waals surface area contributed by atoms with Gasteiger partial charge >= 0.3 is 0 Å². The van der Waals surface area contributed by atoms with Gasteiger partial charge in [-0.2, -0.15) is 15.1 Å². The molecule has 1 aromatic carbocycles. The first-order valence-electron chi connectivity index (χ1n) is 9.87. The molecule has 1 saturated heterocycles. The highest BCUT2D eigenvalue weighted by Gasteiger charge is 2.17. The van der Waals surface area contributed by atoms with Crippen LogP contribution < -0.4 is 10.6 Å². The standard InChI is InChI=1S/C21H23F2N7O.ClH/c1-14-15(13-25-30(14)19-12-20(31)27-21(24)26-19)3-2-4-28-5-7-29(8-6-28)18-10-16(22)9-17(23)11-18;/h2-3,9-13H,4-8H2,1H3,(H3,24,26,27,31);1H/b3-2+;.